The van der Waals surface area contributed by atoms with Crippen LogP contribution in [0.25, 0.3) is 0 Å². The highest BCUT2D eigenvalue weighted by atomic mass is 16.6. The average Bonchev–Trinajstić information content (AvgIpc) is 3.30. The van der Waals surface area contributed by atoms with E-state index in [1.165, 1.54) is 0 Å². The van der Waals surface area contributed by atoms with E-state index in [9.17, 15) is 19.5 Å². The first-order valence-corrected chi connectivity index (χ1v) is 11.7. The summed E-state index contributed by atoms with van der Waals surface area (Å²) < 4.78 is 10.4. The zero-order valence-corrected chi connectivity index (χ0v) is 19.6. The van der Waals surface area contributed by atoms with Crippen LogP contribution in [0, 0.1) is 5.92 Å². The van der Waals surface area contributed by atoms with Crippen LogP contribution in [0.15, 0.2) is 0 Å². The van der Waals surface area contributed by atoms with Crippen LogP contribution in [0.3, 0.4) is 0 Å². The number of rotatable bonds is 3. The molecule has 8 nitrogen and oxygen atoms in total. The van der Waals surface area contributed by atoms with Gasteiger partial charge in [-0.05, 0) is 72.1 Å². The molecule has 31 heavy (non-hydrogen) atoms. The fourth-order valence-electron chi connectivity index (χ4n) is 5.42. The smallest absolute Gasteiger partial charge is 0.435 e. The number of carbonyl (C=O) groups is 3. The predicted octanol–water partition coefficient (Wildman–Crippen LogP) is 4.16. The molecule has 8 heteroatoms. The summed E-state index contributed by atoms with van der Waals surface area (Å²) in [5.74, 6) is 0.595. The summed E-state index contributed by atoms with van der Waals surface area (Å²) in [6.45, 7) is 9.83. The molecule has 0 spiro atoms. The second-order valence-corrected chi connectivity index (χ2v) is 10.7. The SMILES string of the molecule is CC1CCC(N(C(=O)[C@@H]2CCCO2)[C@@H]2CC(C)[N+](C(=O)O)(C(=O)OC(C)(C)C)C2)CC1. The summed E-state index contributed by atoms with van der Waals surface area (Å²) in [4.78, 5) is 40.9. The van der Waals surface area contributed by atoms with Crippen molar-refractivity contribution in [2.75, 3.05) is 13.2 Å². The van der Waals surface area contributed by atoms with Crippen LogP contribution in [0.2, 0.25) is 0 Å². The summed E-state index contributed by atoms with van der Waals surface area (Å²) in [5, 5.41) is 10.1. The maximum atomic E-state index is 13.5. The van der Waals surface area contributed by atoms with Crippen LogP contribution in [0.4, 0.5) is 9.59 Å². The third kappa shape index (κ3) is 4.90. The maximum absolute atomic E-state index is 13.5. The van der Waals surface area contributed by atoms with Crippen molar-refractivity contribution in [2.24, 2.45) is 5.92 Å². The van der Waals surface area contributed by atoms with E-state index in [1.807, 2.05) is 4.90 Å². The highest BCUT2D eigenvalue weighted by Gasteiger charge is 2.61. The predicted molar refractivity (Wildman–Crippen MR) is 114 cm³/mol. The highest BCUT2D eigenvalue weighted by molar-refractivity contribution is 5.82. The van der Waals surface area contributed by atoms with Crippen molar-refractivity contribution < 1.29 is 33.4 Å². The number of hydrogen-bond acceptors (Lipinski definition) is 5. The monoisotopic (exact) mass is 439 g/mol. The topological polar surface area (TPSA) is 93.1 Å². The van der Waals surface area contributed by atoms with E-state index in [0.29, 0.717) is 25.4 Å². The van der Waals surface area contributed by atoms with Gasteiger partial charge in [-0.15, -0.1) is 4.48 Å². The van der Waals surface area contributed by atoms with E-state index >= 15 is 0 Å². The summed E-state index contributed by atoms with van der Waals surface area (Å²) in [6.07, 6.45) is 3.50. The number of ether oxygens (including phenoxy) is 2. The molecule has 0 aromatic heterocycles. The quantitative estimate of drug-likeness (QED) is 0.664. The van der Waals surface area contributed by atoms with Crippen molar-refractivity contribution in [3.63, 3.8) is 0 Å². The van der Waals surface area contributed by atoms with Crippen LogP contribution >= 0.6 is 0 Å². The lowest BCUT2D eigenvalue weighted by Crippen LogP contribution is -2.61. The molecule has 0 aromatic rings. The van der Waals surface area contributed by atoms with Gasteiger partial charge < -0.3 is 19.5 Å². The zero-order chi connectivity index (χ0) is 23.0. The Hall–Kier alpha value is -1.67. The summed E-state index contributed by atoms with van der Waals surface area (Å²) >= 11 is 0. The van der Waals surface area contributed by atoms with Gasteiger partial charge >= 0.3 is 12.2 Å². The van der Waals surface area contributed by atoms with Crippen LogP contribution in [-0.4, -0.2) is 75.6 Å². The van der Waals surface area contributed by atoms with Crippen LogP contribution in [-0.2, 0) is 14.3 Å². The van der Waals surface area contributed by atoms with Gasteiger partial charge in [0.2, 0.25) is 0 Å². The second kappa shape index (κ2) is 9.06. The molecule has 176 valence electrons. The molecule has 1 N–H and O–H groups in total. The number of likely N-dealkylation sites (tertiary alicyclic amines) is 1. The molecule has 1 aliphatic carbocycles. The van der Waals surface area contributed by atoms with Gasteiger partial charge in [-0.1, -0.05) is 6.92 Å². The van der Waals surface area contributed by atoms with E-state index in [1.54, 1.807) is 27.7 Å². The van der Waals surface area contributed by atoms with Gasteiger partial charge in [0.15, 0.2) is 0 Å². The molecule has 3 fully saturated rings. The molecule has 2 unspecified atom stereocenters. The van der Waals surface area contributed by atoms with Gasteiger partial charge in [0.1, 0.15) is 24.3 Å². The zero-order valence-electron chi connectivity index (χ0n) is 19.6. The highest BCUT2D eigenvalue weighted by Crippen LogP contribution is 2.37. The van der Waals surface area contributed by atoms with Crippen molar-refractivity contribution in [1.82, 2.24) is 4.90 Å². The molecule has 1 saturated carbocycles. The average molecular weight is 440 g/mol. The number of nitrogens with zero attached hydrogens (tertiary/aromatic N) is 2. The number of carboxylic acid groups (broad SMARTS) is 1. The standard InChI is InChI=1S/C23H38N2O6/c1-15-8-10-17(11-9-15)24(20(26)19-7-6-12-30-19)18-13-16(2)25(14-18,21(27)28)22(29)31-23(3,4)5/h15-19H,6-14H2,1-5H3/p+1/t15?,16?,17?,18-,19+,25?/m1/s1. The van der Waals surface area contributed by atoms with E-state index in [4.69, 9.17) is 9.47 Å². The minimum Gasteiger partial charge on any atom is -0.435 e. The first-order chi connectivity index (χ1) is 14.5. The molecule has 0 radical (unpaired) electrons. The molecule has 2 aliphatic heterocycles. The molecular formula is C23H39N2O6+. The van der Waals surface area contributed by atoms with Gasteiger partial charge in [-0.25, -0.2) is 0 Å². The third-order valence-corrected chi connectivity index (χ3v) is 7.16. The Morgan fingerprint density at radius 3 is 2.19 bits per heavy atom. The fourth-order valence-corrected chi connectivity index (χ4v) is 5.42. The van der Waals surface area contributed by atoms with Gasteiger partial charge in [0.25, 0.3) is 5.91 Å². The Morgan fingerprint density at radius 2 is 1.68 bits per heavy atom. The summed E-state index contributed by atoms with van der Waals surface area (Å²) in [6, 6.07) is -0.745. The maximum Gasteiger partial charge on any atom is 0.527 e. The second-order valence-electron chi connectivity index (χ2n) is 10.7. The Morgan fingerprint density at radius 1 is 1.03 bits per heavy atom. The molecule has 2 saturated heterocycles. The van der Waals surface area contributed by atoms with Crippen molar-refractivity contribution in [3.8, 4) is 0 Å². The number of imide groups is 1. The molecule has 3 amide bonds. The number of carbonyl (C=O) groups excluding carboxylic acids is 2. The van der Waals surface area contributed by atoms with Gasteiger partial charge in [0, 0.05) is 19.1 Å². The Balaban J connectivity index is 1.89. The molecule has 0 aromatic carbocycles. The minimum absolute atomic E-state index is 0.0376. The molecule has 2 heterocycles. The largest absolute Gasteiger partial charge is 0.527 e. The van der Waals surface area contributed by atoms with Gasteiger partial charge in [-0.3, -0.25) is 4.79 Å². The van der Waals surface area contributed by atoms with E-state index < -0.39 is 34.4 Å². The van der Waals surface area contributed by atoms with Gasteiger partial charge in [-0.2, -0.15) is 9.59 Å². The van der Waals surface area contributed by atoms with Crippen molar-refractivity contribution >= 4 is 18.1 Å². The lowest BCUT2D eigenvalue weighted by Gasteiger charge is -2.40. The van der Waals surface area contributed by atoms with E-state index in [0.717, 1.165) is 32.1 Å². The molecule has 3 rings (SSSR count). The summed E-state index contributed by atoms with van der Waals surface area (Å²) in [7, 11) is 0. The lowest BCUT2D eigenvalue weighted by atomic mass is 9.85. The third-order valence-electron chi connectivity index (χ3n) is 7.16. The Bertz CT molecular complexity index is 691. The first-order valence-electron chi connectivity index (χ1n) is 11.7. The van der Waals surface area contributed by atoms with Crippen LogP contribution < -0.4 is 0 Å². The number of hydrogen-bond donors (Lipinski definition) is 1. The first kappa shape index (κ1) is 24.0. The van der Waals surface area contributed by atoms with Crippen LogP contribution in [0.1, 0.15) is 79.6 Å². The fraction of sp³-hybridized carbons (Fsp3) is 0.870. The summed E-state index contributed by atoms with van der Waals surface area (Å²) in [5.41, 5.74) is -0.789. The van der Waals surface area contributed by atoms with Gasteiger partial charge in [0.05, 0.1) is 6.04 Å². The van der Waals surface area contributed by atoms with E-state index in [2.05, 4.69) is 6.92 Å². The molecule has 3 aliphatic rings. The molecule has 4 atom stereocenters. The van der Waals surface area contributed by atoms with Crippen molar-refractivity contribution in [3.05, 3.63) is 0 Å². The van der Waals surface area contributed by atoms with Crippen molar-refractivity contribution in [2.45, 2.75) is 109 Å². The normalized spacial score (nSPS) is 36.2. The molecular weight excluding hydrogens is 400 g/mol. The number of quaternary nitrogens is 1. The van der Waals surface area contributed by atoms with E-state index in [-0.39, 0.29) is 24.5 Å². The lowest BCUT2D eigenvalue weighted by molar-refractivity contribution is -0.797. The minimum atomic E-state index is -1.22. The number of amides is 3. The Kier molecular flexibility index (Phi) is 7.01. The van der Waals surface area contributed by atoms with Crippen molar-refractivity contribution in [1.29, 1.82) is 0 Å². The molecule has 0 bridgehead atoms. The Labute approximate surface area is 185 Å². The van der Waals surface area contributed by atoms with Crippen LogP contribution in [0.5, 0.6) is 0 Å².